The van der Waals surface area contributed by atoms with Crippen LogP contribution in [-0.2, 0) is 21.8 Å². The van der Waals surface area contributed by atoms with E-state index in [2.05, 4.69) is 4.99 Å². The van der Waals surface area contributed by atoms with Crippen LogP contribution in [0.3, 0.4) is 0 Å². The van der Waals surface area contributed by atoms with E-state index in [9.17, 15) is 43.9 Å². The van der Waals surface area contributed by atoms with Crippen LogP contribution in [0.5, 0.6) is 0 Å². The predicted molar refractivity (Wildman–Crippen MR) is 102 cm³/mol. The predicted octanol–water partition coefficient (Wildman–Crippen LogP) is 6.98. The third-order valence-electron chi connectivity index (χ3n) is 4.51. The second-order valence-corrected chi connectivity index (χ2v) is 9.53. The molecule has 34 heavy (non-hydrogen) atoms. The van der Waals surface area contributed by atoms with Gasteiger partial charge in [0.05, 0.1) is 19.9 Å². The average Bonchev–Trinajstić information content (AvgIpc) is 3.42. The summed E-state index contributed by atoms with van der Waals surface area (Å²) in [6.45, 7) is 3.27. The number of aliphatic imine (C=N–C) groups is 1. The molecule has 2 fully saturated rings. The summed E-state index contributed by atoms with van der Waals surface area (Å²) < 4.78 is 137. The molecule has 0 unspecified atom stereocenters. The van der Waals surface area contributed by atoms with Gasteiger partial charge in [0.1, 0.15) is 6.61 Å². The molecule has 0 spiro atoms. The van der Waals surface area contributed by atoms with Crippen molar-refractivity contribution in [2.24, 2.45) is 10.9 Å². The van der Waals surface area contributed by atoms with Crippen molar-refractivity contribution in [3.8, 4) is 0 Å². The maximum atomic E-state index is 13.9. The first-order valence-corrected chi connectivity index (χ1v) is 10.7. The fourth-order valence-corrected chi connectivity index (χ4v) is 4.83. The minimum absolute atomic E-state index is 0. The maximum absolute atomic E-state index is 13.9. The quantitative estimate of drug-likeness (QED) is 0.200. The minimum atomic E-state index is -6.62. The molecule has 3 aliphatic rings. The van der Waals surface area contributed by atoms with Crippen molar-refractivity contribution in [3.63, 3.8) is 0 Å². The number of hydrogen-bond acceptors (Lipinski definition) is 2. The van der Waals surface area contributed by atoms with Crippen LogP contribution in [0.15, 0.2) is 4.99 Å². The van der Waals surface area contributed by atoms with Crippen LogP contribution >= 0.6 is 7.92 Å². The first kappa shape index (κ1) is 31.7. The second-order valence-electron chi connectivity index (χ2n) is 7.26. The van der Waals surface area contributed by atoms with E-state index >= 15 is 0 Å². The van der Waals surface area contributed by atoms with Crippen LogP contribution < -0.4 is 0 Å². The van der Waals surface area contributed by atoms with E-state index in [0.717, 1.165) is 12.8 Å². The number of hydrogen-bond donors (Lipinski definition) is 0. The molecule has 10 radical (unpaired) electrons. The van der Waals surface area contributed by atoms with E-state index in [0.29, 0.717) is 6.42 Å². The molecule has 0 aromatic heterocycles. The Morgan fingerprint density at radius 1 is 0.794 bits per heavy atom. The molecule has 1 heterocycles. The van der Waals surface area contributed by atoms with Crippen molar-refractivity contribution in [2.75, 3.05) is 6.61 Å². The third kappa shape index (κ3) is 6.93. The Morgan fingerprint density at radius 3 is 1.59 bits per heavy atom. The molecule has 0 N–H and O–H groups in total. The van der Waals surface area contributed by atoms with Gasteiger partial charge in [-0.25, -0.2) is 4.99 Å². The fraction of sp³-hybridized carbons (Fsp3) is 0.450. The standard InChI is InChI=1S/C15H13F10NOP.C5H5.Fe/c1-7(2)9-6-27-11(26-9)8-4-3-5-10(8)28(14(22,23)12(16,17)18)15(24,25)13(19,20)21;1-2-4-5-3-1;/h3-5,7,9H,6H2,1-2H3;1-5H;/q;;+2/t9-;;/m1../s1. The van der Waals surface area contributed by atoms with Gasteiger partial charge in [-0.3, -0.25) is 0 Å². The molecule has 14 heteroatoms. The van der Waals surface area contributed by atoms with Crippen molar-refractivity contribution in [2.45, 2.75) is 43.6 Å². The summed E-state index contributed by atoms with van der Waals surface area (Å²) in [7, 11) is -5.43. The van der Waals surface area contributed by atoms with Crippen molar-refractivity contribution in [1.29, 1.82) is 0 Å². The van der Waals surface area contributed by atoms with Crippen LogP contribution in [0.2, 0.25) is 0 Å². The van der Waals surface area contributed by atoms with E-state index in [1.54, 1.807) is 13.8 Å². The van der Waals surface area contributed by atoms with Gasteiger partial charge < -0.3 is 4.74 Å². The summed E-state index contributed by atoms with van der Waals surface area (Å²) in [5.74, 6) is -1.42. The Hall–Kier alpha value is -0.281. The van der Waals surface area contributed by atoms with E-state index in [4.69, 9.17) is 4.74 Å². The molecular formula is C20H18F10FeNOP+2. The molecule has 0 saturated heterocycles. The molecule has 0 bridgehead atoms. The smallest absolute Gasteiger partial charge is 0.478 e. The zero-order valence-electron chi connectivity index (χ0n) is 17.4. The summed E-state index contributed by atoms with van der Waals surface area (Å²) in [4.78, 5) is 3.91. The Morgan fingerprint density at radius 2 is 1.24 bits per heavy atom. The number of halogens is 10. The summed E-state index contributed by atoms with van der Waals surface area (Å²) in [5.41, 5.74) is -14.1. The molecule has 3 rings (SSSR count). The van der Waals surface area contributed by atoms with Crippen molar-refractivity contribution in [3.05, 3.63) is 62.9 Å². The van der Waals surface area contributed by atoms with Gasteiger partial charge in [0.2, 0.25) is 0 Å². The summed E-state index contributed by atoms with van der Waals surface area (Å²) in [6.07, 6.45) is -1.24. The van der Waals surface area contributed by atoms with E-state index in [1.165, 1.54) is 0 Å². The third-order valence-corrected chi connectivity index (χ3v) is 7.01. The maximum Gasteiger partial charge on any atom is 2.00 e. The van der Waals surface area contributed by atoms with E-state index < -0.39 is 55.1 Å². The number of rotatable bonds is 5. The first-order chi connectivity index (χ1) is 15.0. The van der Waals surface area contributed by atoms with Crippen molar-refractivity contribution in [1.82, 2.24) is 0 Å². The zero-order valence-corrected chi connectivity index (χ0v) is 19.4. The normalized spacial score (nSPS) is 23.0. The Labute approximate surface area is 203 Å². The molecule has 1 atom stereocenters. The Balaban J connectivity index is 0.000000851. The number of alkyl halides is 10. The van der Waals surface area contributed by atoms with Gasteiger partial charge >= 0.3 is 40.7 Å². The van der Waals surface area contributed by atoms with Crippen LogP contribution in [-0.4, -0.2) is 42.2 Å². The summed E-state index contributed by atoms with van der Waals surface area (Å²) in [5, 5.41) is 0. The molecule has 1 aliphatic heterocycles. The van der Waals surface area contributed by atoms with Gasteiger partial charge in [-0.2, -0.15) is 43.9 Å². The van der Waals surface area contributed by atoms with Gasteiger partial charge in [0.15, 0.2) is 5.90 Å². The SMILES string of the molecule is CC(C)[C@H]1COC([C]2[CH][CH][CH][C]2P(C(F)(F)C(F)(F)F)C(F)(F)C(F)(F)F)=N1.[CH]1[CH][CH][CH][CH]1.[Fe+2]. The Bertz CT molecular complexity index is 646. The largest absolute Gasteiger partial charge is 2.00 e. The zero-order chi connectivity index (χ0) is 25.2. The molecule has 0 aromatic carbocycles. The minimum Gasteiger partial charge on any atom is -0.478 e. The molecular weight excluding hydrogens is 547 g/mol. The van der Waals surface area contributed by atoms with E-state index in [-0.39, 0.29) is 29.6 Å². The van der Waals surface area contributed by atoms with Crippen LogP contribution in [0.25, 0.3) is 0 Å². The van der Waals surface area contributed by atoms with E-state index in [1.807, 2.05) is 32.1 Å². The second kappa shape index (κ2) is 11.8. The molecule has 2 aliphatic carbocycles. The number of nitrogens with zero attached hydrogens (tertiary/aromatic N) is 1. The van der Waals surface area contributed by atoms with Gasteiger partial charge in [-0.15, -0.1) is 0 Å². The topological polar surface area (TPSA) is 21.6 Å². The number of ether oxygens (including phenoxy) is 1. The van der Waals surface area contributed by atoms with Gasteiger partial charge in [0.25, 0.3) is 0 Å². The van der Waals surface area contributed by atoms with Crippen LogP contribution in [0.4, 0.5) is 43.9 Å². The summed E-state index contributed by atoms with van der Waals surface area (Å²) in [6, 6.07) is -0.546. The monoisotopic (exact) mass is 565 g/mol. The first-order valence-electron chi connectivity index (χ1n) is 9.34. The van der Waals surface area contributed by atoms with Gasteiger partial charge in [0, 0.05) is 5.66 Å². The molecule has 0 amide bonds. The average molecular weight is 565 g/mol. The summed E-state index contributed by atoms with van der Waals surface area (Å²) >= 11 is 0. The molecule has 2 nitrogen and oxygen atoms in total. The molecule has 190 valence electrons. The van der Waals surface area contributed by atoms with Gasteiger partial charge in [-0.1, -0.05) is 13.8 Å². The van der Waals surface area contributed by atoms with Crippen molar-refractivity contribution < 1.29 is 65.7 Å². The molecule has 2 saturated carbocycles. The van der Waals surface area contributed by atoms with Crippen LogP contribution in [0, 0.1) is 68.9 Å². The Kier molecular flexibility index (Phi) is 11.1. The fourth-order valence-electron chi connectivity index (χ4n) is 2.72. The van der Waals surface area contributed by atoms with Crippen molar-refractivity contribution >= 4 is 13.8 Å². The molecule has 0 aromatic rings. The van der Waals surface area contributed by atoms with Gasteiger partial charge in [-0.05, 0) is 57.3 Å². The van der Waals surface area contributed by atoms with Crippen LogP contribution in [0.1, 0.15) is 13.8 Å².